The number of carboxylic acids is 1. The maximum absolute atomic E-state index is 12.6. The Morgan fingerprint density at radius 3 is 2.85 bits per heavy atom. The third-order valence-corrected chi connectivity index (χ3v) is 4.52. The van der Waals surface area contributed by atoms with Crippen LogP contribution in [0.4, 0.5) is 5.69 Å². The summed E-state index contributed by atoms with van der Waals surface area (Å²) in [4.78, 5) is 35.9. The van der Waals surface area contributed by atoms with Crippen molar-refractivity contribution in [3.8, 4) is 5.69 Å². The minimum absolute atomic E-state index is 0.0612. The Morgan fingerprint density at radius 2 is 2.15 bits per heavy atom. The predicted octanol–water partition coefficient (Wildman–Crippen LogP) is 1.50. The minimum Gasteiger partial charge on any atom is -0.481 e. The van der Waals surface area contributed by atoms with Gasteiger partial charge in [0.15, 0.2) is 5.69 Å². The molecule has 1 unspecified atom stereocenters. The van der Waals surface area contributed by atoms with Gasteiger partial charge in [-0.15, -0.1) is 5.10 Å². The van der Waals surface area contributed by atoms with E-state index in [4.69, 9.17) is 0 Å². The largest absolute Gasteiger partial charge is 0.481 e. The topological polar surface area (TPSA) is 131 Å². The molecule has 1 aliphatic heterocycles. The fraction of sp³-hybridized carbons (Fsp3) is 0.375. The number of nitro benzene ring substituents is 1. The van der Waals surface area contributed by atoms with Crippen LogP contribution in [-0.2, 0) is 4.79 Å². The van der Waals surface area contributed by atoms with Gasteiger partial charge in [-0.3, -0.25) is 19.7 Å². The summed E-state index contributed by atoms with van der Waals surface area (Å²) in [5.74, 6) is -1.34. The molecule has 2 aromatic rings. The van der Waals surface area contributed by atoms with Crippen LogP contribution in [0.25, 0.3) is 5.69 Å². The number of benzene rings is 1. The van der Waals surface area contributed by atoms with E-state index in [9.17, 15) is 24.8 Å². The van der Waals surface area contributed by atoms with Gasteiger partial charge in [0.2, 0.25) is 0 Å². The van der Waals surface area contributed by atoms with Crippen LogP contribution in [0.3, 0.4) is 0 Å². The summed E-state index contributed by atoms with van der Waals surface area (Å²) in [7, 11) is 0. The molecule has 26 heavy (non-hydrogen) atoms. The fourth-order valence-corrected chi connectivity index (χ4v) is 2.99. The molecule has 2 heterocycles. The maximum atomic E-state index is 12.6. The molecule has 0 spiro atoms. The molecule has 3 rings (SSSR count). The Kier molecular flexibility index (Phi) is 4.41. The highest BCUT2D eigenvalue weighted by atomic mass is 16.6. The highest BCUT2D eigenvalue weighted by Crippen LogP contribution is 2.30. The number of carboxylic acid groups (broad SMARTS) is 1. The van der Waals surface area contributed by atoms with Crippen molar-refractivity contribution in [2.24, 2.45) is 5.41 Å². The van der Waals surface area contributed by atoms with E-state index in [0.717, 1.165) is 0 Å². The van der Waals surface area contributed by atoms with E-state index in [1.165, 1.54) is 34.0 Å². The minimum atomic E-state index is -0.982. The third kappa shape index (κ3) is 3.25. The van der Waals surface area contributed by atoms with Crippen molar-refractivity contribution in [1.29, 1.82) is 0 Å². The maximum Gasteiger partial charge on any atom is 0.311 e. The number of nitro groups is 1. The number of hydrogen-bond donors (Lipinski definition) is 1. The van der Waals surface area contributed by atoms with Crippen molar-refractivity contribution in [3.63, 3.8) is 0 Å². The number of aliphatic carboxylic acids is 1. The zero-order valence-electron chi connectivity index (χ0n) is 14.0. The molecule has 0 saturated carbocycles. The van der Waals surface area contributed by atoms with Gasteiger partial charge in [-0.05, 0) is 25.8 Å². The Morgan fingerprint density at radius 1 is 1.38 bits per heavy atom. The summed E-state index contributed by atoms with van der Waals surface area (Å²) in [6.07, 6.45) is 2.48. The molecule has 10 nitrogen and oxygen atoms in total. The van der Waals surface area contributed by atoms with Crippen LogP contribution in [0.5, 0.6) is 0 Å². The van der Waals surface area contributed by atoms with E-state index in [1.54, 1.807) is 13.0 Å². The SMILES string of the molecule is CC1(C(=O)O)CCCN(C(=O)c2cn(-c3cccc([N+](=O)[O-])c3)nn2)C1. The smallest absolute Gasteiger partial charge is 0.311 e. The molecule has 1 aromatic carbocycles. The quantitative estimate of drug-likeness (QED) is 0.646. The molecule has 1 fully saturated rings. The van der Waals surface area contributed by atoms with Crippen LogP contribution in [0.15, 0.2) is 30.5 Å². The number of hydrogen-bond acceptors (Lipinski definition) is 6. The van der Waals surface area contributed by atoms with E-state index in [2.05, 4.69) is 10.3 Å². The van der Waals surface area contributed by atoms with Crippen LogP contribution in [0.1, 0.15) is 30.3 Å². The number of rotatable bonds is 4. The van der Waals surface area contributed by atoms with Gasteiger partial charge >= 0.3 is 5.97 Å². The van der Waals surface area contributed by atoms with E-state index in [1.807, 2.05) is 0 Å². The first-order valence-corrected chi connectivity index (χ1v) is 8.00. The monoisotopic (exact) mass is 359 g/mol. The molecule has 10 heteroatoms. The van der Waals surface area contributed by atoms with Gasteiger partial charge in [0, 0.05) is 25.2 Å². The molecule has 1 aromatic heterocycles. The number of piperidine rings is 1. The predicted molar refractivity (Wildman–Crippen MR) is 88.9 cm³/mol. The standard InChI is InChI=1S/C16H17N5O5/c1-16(15(23)24)6-3-7-19(10-16)14(22)13-9-20(18-17-13)11-4-2-5-12(8-11)21(25)26/h2,4-5,8-9H,3,6-7,10H2,1H3,(H,23,24). The molecular weight excluding hydrogens is 342 g/mol. The van der Waals surface area contributed by atoms with Crippen molar-refractivity contribution >= 4 is 17.6 Å². The second-order valence-electron chi connectivity index (χ2n) is 6.52. The molecule has 0 bridgehead atoms. The number of carbonyl (C=O) groups excluding carboxylic acids is 1. The Balaban J connectivity index is 1.81. The third-order valence-electron chi connectivity index (χ3n) is 4.52. The molecule has 0 radical (unpaired) electrons. The van der Waals surface area contributed by atoms with Crippen LogP contribution < -0.4 is 0 Å². The van der Waals surface area contributed by atoms with Gasteiger partial charge in [0.1, 0.15) is 0 Å². The lowest BCUT2D eigenvalue weighted by Gasteiger charge is -2.37. The summed E-state index contributed by atoms with van der Waals surface area (Å²) < 4.78 is 1.28. The molecule has 1 atom stereocenters. The highest BCUT2D eigenvalue weighted by Gasteiger charge is 2.40. The Hall–Kier alpha value is -3.30. The van der Waals surface area contributed by atoms with Gasteiger partial charge in [0.05, 0.1) is 22.2 Å². The fourth-order valence-electron chi connectivity index (χ4n) is 2.99. The van der Waals surface area contributed by atoms with Gasteiger partial charge in [-0.1, -0.05) is 11.3 Å². The van der Waals surface area contributed by atoms with Gasteiger partial charge < -0.3 is 10.0 Å². The lowest BCUT2D eigenvalue weighted by molar-refractivity contribution is -0.384. The highest BCUT2D eigenvalue weighted by molar-refractivity contribution is 5.92. The zero-order valence-corrected chi connectivity index (χ0v) is 14.0. The average Bonchev–Trinajstić information content (AvgIpc) is 3.11. The van der Waals surface area contributed by atoms with Gasteiger partial charge in [0.25, 0.3) is 11.6 Å². The first-order valence-electron chi connectivity index (χ1n) is 8.00. The average molecular weight is 359 g/mol. The van der Waals surface area contributed by atoms with Crippen LogP contribution >= 0.6 is 0 Å². The van der Waals surface area contributed by atoms with Crippen LogP contribution in [0.2, 0.25) is 0 Å². The first-order chi connectivity index (χ1) is 12.3. The number of amides is 1. The van der Waals surface area contributed by atoms with E-state index in [-0.39, 0.29) is 17.9 Å². The van der Waals surface area contributed by atoms with Crippen molar-refractivity contribution < 1.29 is 19.6 Å². The molecule has 136 valence electrons. The number of likely N-dealkylation sites (tertiary alicyclic amines) is 1. The first kappa shape index (κ1) is 17.5. The summed E-state index contributed by atoms with van der Waals surface area (Å²) in [6.45, 7) is 2.17. The van der Waals surface area contributed by atoms with Crippen LogP contribution in [-0.4, -0.2) is 54.9 Å². The number of aromatic nitrogens is 3. The van der Waals surface area contributed by atoms with Gasteiger partial charge in [-0.2, -0.15) is 0 Å². The number of carbonyl (C=O) groups is 2. The van der Waals surface area contributed by atoms with Gasteiger partial charge in [-0.25, -0.2) is 4.68 Å². The molecule has 1 N–H and O–H groups in total. The summed E-state index contributed by atoms with van der Waals surface area (Å²) in [5.41, 5.74) is -0.616. The Bertz CT molecular complexity index is 879. The van der Waals surface area contributed by atoms with Crippen LogP contribution in [0, 0.1) is 15.5 Å². The molecule has 1 aliphatic rings. The van der Waals surface area contributed by atoms with Crippen molar-refractivity contribution in [2.75, 3.05) is 13.1 Å². The zero-order chi connectivity index (χ0) is 18.9. The normalized spacial score (nSPS) is 20.0. The van der Waals surface area contributed by atoms with Crippen molar-refractivity contribution in [1.82, 2.24) is 19.9 Å². The molecule has 1 saturated heterocycles. The second kappa shape index (κ2) is 6.54. The van der Waals surface area contributed by atoms with Crippen molar-refractivity contribution in [3.05, 3.63) is 46.3 Å². The molecule has 0 aliphatic carbocycles. The number of non-ortho nitro benzene ring substituents is 1. The van der Waals surface area contributed by atoms with E-state index >= 15 is 0 Å². The van der Waals surface area contributed by atoms with E-state index in [0.29, 0.717) is 25.1 Å². The van der Waals surface area contributed by atoms with Crippen molar-refractivity contribution in [2.45, 2.75) is 19.8 Å². The lowest BCUT2D eigenvalue weighted by atomic mass is 9.82. The van der Waals surface area contributed by atoms with E-state index < -0.39 is 22.2 Å². The Labute approximate surface area is 148 Å². The number of nitrogens with zero attached hydrogens (tertiary/aromatic N) is 5. The molecular formula is C16H17N5O5. The summed E-state index contributed by atoms with van der Waals surface area (Å²) >= 11 is 0. The second-order valence-corrected chi connectivity index (χ2v) is 6.52. The molecule has 1 amide bonds. The summed E-state index contributed by atoms with van der Waals surface area (Å²) in [6, 6.07) is 5.80. The summed E-state index contributed by atoms with van der Waals surface area (Å²) in [5, 5.41) is 27.9. The lowest BCUT2D eigenvalue weighted by Crippen LogP contribution is -2.48.